The van der Waals surface area contributed by atoms with Crippen LogP contribution >= 0.6 is 0 Å². The molecule has 0 aliphatic rings. The van der Waals surface area contributed by atoms with Crippen LogP contribution in [-0.2, 0) is 0 Å². The second kappa shape index (κ2) is 5.08. The number of benzene rings is 1. The monoisotopic (exact) mass is 245 g/mol. The minimum atomic E-state index is -0.924. The first-order chi connectivity index (χ1) is 7.70. The highest BCUT2D eigenvalue weighted by Crippen LogP contribution is 2.28. The lowest BCUT2D eigenvalue weighted by Gasteiger charge is -2.21. The molecule has 0 aliphatic heterocycles. The van der Waals surface area contributed by atoms with Crippen molar-refractivity contribution in [1.29, 1.82) is 0 Å². The summed E-state index contributed by atoms with van der Waals surface area (Å²) in [6, 6.07) is 0.583. The second-order valence-corrected chi connectivity index (χ2v) is 5.49. The van der Waals surface area contributed by atoms with E-state index in [2.05, 4.69) is 0 Å². The van der Waals surface area contributed by atoms with Crippen LogP contribution < -0.4 is 5.73 Å². The molecule has 0 aromatic heterocycles. The molecule has 1 atom stereocenters. The number of halogens is 3. The SMILES string of the molecule is CC(C)(C)CCC(N)c1c(F)cc(F)cc1F. The smallest absolute Gasteiger partial charge is 0.133 e. The summed E-state index contributed by atoms with van der Waals surface area (Å²) >= 11 is 0. The lowest BCUT2D eigenvalue weighted by molar-refractivity contribution is 0.344. The van der Waals surface area contributed by atoms with Gasteiger partial charge in [0.1, 0.15) is 17.5 Å². The van der Waals surface area contributed by atoms with Crippen LogP contribution in [-0.4, -0.2) is 0 Å². The molecule has 0 spiro atoms. The minimum absolute atomic E-state index is 0.0462. The predicted octanol–water partition coefficient (Wildman–Crippen LogP) is 3.93. The molecule has 0 saturated heterocycles. The standard InChI is InChI=1S/C13H18F3N/c1-13(2,3)5-4-11(17)12-9(15)6-8(14)7-10(12)16/h6-7,11H,4-5,17H2,1-3H3. The highest BCUT2D eigenvalue weighted by molar-refractivity contribution is 5.23. The average molecular weight is 245 g/mol. The number of hydrogen-bond acceptors (Lipinski definition) is 1. The van der Waals surface area contributed by atoms with Crippen molar-refractivity contribution in [2.75, 3.05) is 0 Å². The first-order valence-electron chi connectivity index (χ1n) is 5.61. The van der Waals surface area contributed by atoms with Crippen LogP contribution in [0.5, 0.6) is 0 Å². The number of rotatable bonds is 3. The van der Waals surface area contributed by atoms with Gasteiger partial charge in [-0.2, -0.15) is 0 Å². The van der Waals surface area contributed by atoms with Gasteiger partial charge in [-0.1, -0.05) is 20.8 Å². The molecule has 1 nitrogen and oxygen atoms in total. The van der Waals surface area contributed by atoms with Crippen LogP contribution in [0.2, 0.25) is 0 Å². The Morgan fingerprint density at radius 2 is 1.59 bits per heavy atom. The van der Waals surface area contributed by atoms with Crippen molar-refractivity contribution < 1.29 is 13.2 Å². The summed E-state index contributed by atoms with van der Waals surface area (Å²) in [5.74, 6) is -2.75. The summed E-state index contributed by atoms with van der Waals surface area (Å²) in [4.78, 5) is 0. The molecule has 0 aliphatic carbocycles. The largest absolute Gasteiger partial charge is 0.324 e. The van der Waals surface area contributed by atoms with Gasteiger partial charge in [-0.25, -0.2) is 13.2 Å². The van der Waals surface area contributed by atoms with Crippen molar-refractivity contribution in [2.45, 2.75) is 39.7 Å². The summed E-state index contributed by atoms with van der Waals surface area (Å²) < 4.78 is 39.6. The minimum Gasteiger partial charge on any atom is -0.324 e. The summed E-state index contributed by atoms with van der Waals surface area (Å²) in [7, 11) is 0. The molecular weight excluding hydrogens is 227 g/mol. The Morgan fingerprint density at radius 1 is 1.12 bits per heavy atom. The van der Waals surface area contributed by atoms with Crippen LogP contribution in [0.3, 0.4) is 0 Å². The third-order valence-corrected chi connectivity index (χ3v) is 2.62. The molecular formula is C13H18F3N. The van der Waals surface area contributed by atoms with E-state index in [1.54, 1.807) is 0 Å². The number of hydrogen-bond donors (Lipinski definition) is 1. The van der Waals surface area contributed by atoms with E-state index in [9.17, 15) is 13.2 Å². The van der Waals surface area contributed by atoms with E-state index in [0.717, 1.165) is 6.42 Å². The Morgan fingerprint density at radius 3 is 2.00 bits per heavy atom. The summed E-state index contributed by atoms with van der Waals surface area (Å²) in [5.41, 5.74) is 5.57. The average Bonchev–Trinajstić information content (AvgIpc) is 2.11. The molecule has 0 saturated carbocycles. The van der Waals surface area contributed by atoms with Gasteiger partial charge in [-0.3, -0.25) is 0 Å². The second-order valence-electron chi connectivity index (χ2n) is 5.49. The van der Waals surface area contributed by atoms with Crippen molar-refractivity contribution in [1.82, 2.24) is 0 Å². The lowest BCUT2D eigenvalue weighted by Crippen LogP contribution is -2.17. The fraction of sp³-hybridized carbons (Fsp3) is 0.538. The molecule has 0 heterocycles. The van der Waals surface area contributed by atoms with E-state index in [1.807, 2.05) is 20.8 Å². The van der Waals surface area contributed by atoms with E-state index >= 15 is 0 Å². The molecule has 2 N–H and O–H groups in total. The third kappa shape index (κ3) is 4.04. The zero-order valence-corrected chi connectivity index (χ0v) is 10.4. The van der Waals surface area contributed by atoms with E-state index in [0.29, 0.717) is 18.6 Å². The third-order valence-electron chi connectivity index (χ3n) is 2.62. The Balaban J connectivity index is 2.86. The maximum Gasteiger partial charge on any atom is 0.133 e. The van der Waals surface area contributed by atoms with Gasteiger partial charge in [-0.15, -0.1) is 0 Å². The van der Waals surface area contributed by atoms with Crippen molar-refractivity contribution >= 4 is 0 Å². The Labute approximate surface area is 99.8 Å². The Bertz CT molecular complexity index is 373. The van der Waals surface area contributed by atoms with Gasteiger partial charge >= 0.3 is 0 Å². The quantitative estimate of drug-likeness (QED) is 0.857. The molecule has 0 bridgehead atoms. The fourth-order valence-corrected chi connectivity index (χ4v) is 1.64. The van der Waals surface area contributed by atoms with Crippen LogP contribution in [0.4, 0.5) is 13.2 Å². The topological polar surface area (TPSA) is 26.0 Å². The molecule has 17 heavy (non-hydrogen) atoms. The fourth-order valence-electron chi connectivity index (χ4n) is 1.64. The van der Waals surface area contributed by atoms with Gasteiger partial charge in [0.15, 0.2) is 0 Å². The maximum absolute atomic E-state index is 13.4. The van der Waals surface area contributed by atoms with Gasteiger partial charge in [0.2, 0.25) is 0 Å². The maximum atomic E-state index is 13.4. The molecule has 96 valence electrons. The van der Waals surface area contributed by atoms with Crippen molar-refractivity contribution in [3.05, 3.63) is 35.1 Å². The lowest BCUT2D eigenvalue weighted by atomic mass is 9.87. The summed E-state index contributed by atoms with van der Waals surface area (Å²) in [6.45, 7) is 6.07. The molecule has 1 aromatic rings. The Kier molecular flexibility index (Phi) is 4.20. The molecule has 4 heteroatoms. The van der Waals surface area contributed by atoms with E-state index in [1.165, 1.54) is 0 Å². The van der Waals surface area contributed by atoms with Gasteiger partial charge in [0.05, 0.1) is 0 Å². The van der Waals surface area contributed by atoms with Crippen molar-refractivity contribution in [3.8, 4) is 0 Å². The highest BCUT2D eigenvalue weighted by atomic mass is 19.1. The first-order valence-corrected chi connectivity index (χ1v) is 5.61. The van der Waals surface area contributed by atoms with Crippen LogP contribution in [0.25, 0.3) is 0 Å². The normalized spacial score (nSPS) is 13.8. The zero-order chi connectivity index (χ0) is 13.2. The summed E-state index contributed by atoms with van der Waals surface area (Å²) in [6.07, 6.45) is 1.20. The highest BCUT2D eigenvalue weighted by Gasteiger charge is 2.20. The van der Waals surface area contributed by atoms with Gasteiger partial charge in [0.25, 0.3) is 0 Å². The van der Waals surface area contributed by atoms with E-state index < -0.39 is 23.5 Å². The molecule has 1 unspecified atom stereocenters. The zero-order valence-electron chi connectivity index (χ0n) is 10.4. The van der Waals surface area contributed by atoms with Gasteiger partial charge in [-0.05, 0) is 18.3 Å². The van der Waals surface area contributed by atoms with E-state index in [-0.39, 0.29) is 11.0 Å². The molecule has 0 fully saturated rings. The predicted molar refractivity (Wildman–Crippen MR) is 61.9 cm³/mol. The van der Waals surface area contributed by atoms with Crippen molar-refractivity contribution in [2.24, 2.45) is 11.1 Å². The van der Waals surface area contributed by atoms with Gasteiger partial charge < -0.3 is 5.73 Å². The van der Waals surface area contributed by atoms with Crippen LogP contribution in [0.1, 0.15) is 45.2 Å². The first kappa shape index (κ1) is 14.0. The molecule has 0 radical (unpaired) electrons. The van der Waals surface area contributed by atoms with Gasteiger partial charge in [0, 0.05) is 23.7 Å². The van der Waals surface area contributed by atoms with Crippen LogP contribution in [0.15, 0.2) is 12.1 Å². The van der Waals surface area contributed by atoms with Crippen LogP contribution in [0, 0.1) is 22.9 Å². The molecule has 1 aromatic carbocycles. The molecule has 0 amide bonds. The van der Waals surface area contributed by atoms with E-state index in [4.69, 9.17) is 5.73 Å². The summed E-state index contributed by atoms with van der Waals surface area (Å²) in [5, 5.41) is 0. The molecule has 1 rings (SSSR count). The Hall–Kier alpha value is -1.03. The van der Waals surface area contributed by atoms with Crippen molar-refractivity contribution in [3.63, 3.8) is 0 Å². The number of nitrogens with two attached hydrogens (primary N) is 1.